The van der Waals surface area contributed by atoms with Crippen molar-refractivity contribution in [3.8, 4) is 0 Å². The average molecular weight is 373 g/mol. The quantitative estimate of drug-likeness (QED) is 0.879. The van der Waals surface area contributed by atoms with Gasteiger partial charge in [0.05, 0.1) is 12.5 Å². The Labute approximate surface area is 159 Å². The summed E-state index contributed by atoms with van der Waals surface area (Å²) < 4.78 is 5.03. The number of ether oxygens (including phenoxy) is 1. The first-order valence-electron chi connectivity index (χ1n) is 9.56. The topological polar surface area (TPSA) is 79.0 Å². The highest BCUT2D eigenvalue weighted by atomic mass is 16.6. The lowest BCUT2D eigenvalue weighted by Gasteiger charge is -2.36. The van der Waals surface area contributed by atoms with Crippen LogP contribution in [0.3, 0.4) is 0 Å². The molecule has 2 aliphatic rings. The molecule has 146 valence electrons. The molecule has 0 aliphatic carbocycles. The molecule has 2 heterocycles. The lowest BCUT2D eigenvalue weighted by molar-refractivity contribution is -0.130. The lowest BCUT2D eigenvalue weighted by atomic mass is 10.0. The number of anilines is 1. The van der Waals surface area contributed by atoms with E-state index in [1.165, 1.54) is 0 Å². The van der Waals surface area contributed by atoms with Gasteiger partial charge in [0.25, 0.3) is 0 Å². The number of amides is 3. The van der Waals surface area contributed by atoms with Crippen LogP contribution in [-0.2, 0) is 14.3 Å². The molecule has 0 bridgehead atoms. The molecule has 7 heteroatoms. The number of nitrogens with one attached hydrogen (secondary N) is 1. The minimum Gasteiger partial charge on any atom is -0.450 e. The highest BCUT2D eigenvalue weighted by Gasteiger charge is 2.39. The number of aryl methyl sites for hydroxylation is 1. The zero-order valence-corrected chi connectivity index (χ0v) is 15.9. The number of carbonyl (C=O) groups excluding carboxylic acids is 3. The number of likely N-dealkylation sites (tertiary alicyclic amines) is 2. The van der Waals surface area contributed by atoms with Crippen molar-refractivity contribution in [1.82, 2.24) is 9.80 Å². The minimum absolute atomic E-state index is 0.0222. The first-order chi connectivity index (χ1) is 13.0. The Hall–Kier alpha value is -2.57. The van der Waals surface area contributed by atoms with Crippen molar-refractivity contribution < 1.29 is 19.1 Å². The number of hydrogen-bond donors (Lipinski definition) is 1. The van der Waals surface area contributed by atoms with E-state index in [2.05, 4.69) is 5.32 Å². The molecule has 3 amide bonds. The van der Waals surface area contributed by atoms with Gasteiger partial charge in [-0.05, 0) is 44.4 Å². The molecular weight excluding hydrogens is 346 g/mol. The molecule has 2 fully saturated rings. The van der Waals surface area contributed by atoms with E-state index >= 15 is 0 Å². The number of rotatable bonds is 4. The Morgan fingerprint density at radius 1 is 1.26 bits per heavy atom. The molecular formula is C20H27N3O4. The molecule has 1 N–H and O–H groups in total. The van der Waals surface area contributed by atoms with Gasteiger partial charge in [-0.3, -0.25) is 9.59 Å². The molecule has 3 rings (SSSR count). The predicted molar refractivity (Wildman–Crippen MR) is 101 cm³/mol. The zero-order valence-electron chi connectivity index (χ0n) is 15.9. The van der Waals surface area contributed by atoms with Gasteiger partial charge in [0.1, 0.15) is 0 Å². The van der Waals surface area contributed by atoms with Crippen LogP contribution < -0.4 is 5.32 Å². The summed E-state index contributed by atoms with van der Waals surface area (Å²) >= 11 is 0. The van der Waals surface area contributed by atoms with Gasteiger partial charge in [0.15, 0.2) is 0 Å². The van der Waals surface area contributed by atoms with Gasteiger partial charge in [0, 0.05) is 37.8 Å². The van der Waals surface area contributed by atoms with Crippen LogP contribution in [0.5, 0.6) is 0 Å². The Balaban J connectivity index is 1.53. The summed E-state index contributed by atoms with van der Waals surface area (Å²) in [6, 6.07) is 7.72. The fraction of sp³-hybridized carbons (Fsp3) is 0.550. The normalized spacial score (nSPS) is 20.7. The third-order valence-corrected chi connectivity index (χ3v) is 5.25. The summed E-state index contributed by atoms with van der Waals surface area (Å²) in [6.45, 7) is 5.72. The molecule has 1 aromatic rings. The fourth-order valence-electron chi connectivity index (χ4n) is 3.80. The Kier molecular flexibility index (Phi) is 5.98. The molecule has 2 aliphatic heterocycles. The molecule has 27 heavy (non-hydrogen) atoms. The zero-order chi connectivity index (χ0) is 19.4. The molecule has 2 saturated heterocycles. The van der Waals surface area contributed by atoms with E-state index in [1.807, 2.05) is 36.1 Å². The van der Waals surface area contributed by atoms with E-state index in [9.17, 15) is 14.4 Å². The predicted octanol–water partition coefficient (Wildman–Crippen LogP) is 2.40. The second kappa shape index (κ2) is 8.41. The van der Waals surface area contributed by atoms with E-state index in [1.54, 1.807) is 11.8 Å². The minimum atomic E-state index is -0.332. The van der Waals surface area contributed by atoms with Gasteiger partial charge in [-0.1, -0.05) is 12.1 Å². The average Bonchev–Trinajstić information content (AvgIpc) is 3.04. The van der Waals surface area contributed by atoms with Gasteiger partial charge in [-0.15, -0.1) is 0 Å². The SMILES string of the molecule is CCOC(=O)N1CCC(N2CC(C(=O)Nc3cccc(C)c3)CC2=O)CC1. The standard InChI is InChI=1S/C20H27N3O4/c1-3-27-20(26)22-9-7-17(8-10-22)23-13-15(12-18(23)24)19(25)21-16-6-4-5-14(2)11-16/h4-6,11,15,17H,3,7-10,12-13H2,1-2H3,(H,21,25). The summed E-state index contributed by atoms with van der Waals surface area (Å²) in [5.74, 6) is -0.421. The van der Waals surface area contributed by atoms with Gasteiger partial charge in [0.2, 0.25) is 11.8 Å². The fourth-order valence-corrected chi connectivity index (χ4v) is 3.80. The van der Waals surface area contributed by atoms with Crippen LogP contribution in [0, 0.1) is 12.8 Å². The second-order valence-electron chi connectivity index (χ2n) is 7.22. The highest BCUT2D eigenvalue weighted by Crippen LogP contribution is 2.27. The van der Waals surface area contributed by atoms with Crippen molar-refractivity contribution in [3.05, 3.63) is 29.8 Å². The maximum atomic E-state index is 12.6. The molecule has 7 nitrogen and oxygen atoms in total. The Bertz CT molecular complexity index is 713. The largest absolute Gasteiger partial charge is 0.450 e. The van der Waals surface area contributed by atoms with Crippen molar-refractivity contribution in [1.29, 1.82) is 0 Å². The Morgan fingerprint density at radius 2 is 2.00 bits per heavy atom. The molecule has 1 aromatic carbocycles. The molecule has 1 unspecified atom stereocenters. The number of hydrogen-bond acceptors (Lipinski definition) is 4. The number of nitrogens with zero attached hydrogens (tertiary/aromatic N) is 2. The summed E-state index contributed by atoms with van der Waals surface area (Å²) in [4.78, 5) is 40.3. The Morgan fingerprint density at radius 3 is 2.67 bits per heavy atom. The smallest absolute Gasteiger partial charge is 0.409 e. The van der Waals surface area contributed by atoms with Gasteiger partial charge in [-0.25, -0.2) is 4.79 Å². The summed E-state index contributed by atoms with van der Waals surface area (Å²) in [7, 11) is 0. The summed E-state index contributed by atoms with van der Waals surface area (Å²) in [5.41, 5.74) is 1.83. The van der Waals surface area contributed by atoms with E-state index < -0.39 is 0 Å². The first-order valence-corrected chi connectivity index (χ1v) is 9.56. The number of piperidine rings is 1. The van der Waals surface area contributed by atoms with Crippen LogP contribution >= 0.6 is 0 Å². The monoisotopic (exact) mass is 373 g/mol. The second-order valence-corrected chi connectivity index (χ2v) is 7.22. The van der Waals surface area contributed by atoms with Crippen molar-refractivity contribution >= 4 is 23.6 Å². The van der Waals surface area contributed by atoms with Gasteiger partial charge in [-0.2, -0.15) is 0 Å². The van der Waals surface area contributed by atoms with Crippen LogP contribution in [0.2, 0.25) is 0 Å². The van der Waals surface area contributed by atoms with E-state index in [-0.39, 0.29) is 36.3 Å². The first kappa shape index (κ1) is 19.2. The van der Waals surface area contributed by atoms with Gasteiger partial charge >= 0.3 is 6.09 Å². The molecule has 0 aromatic heterocycles. The molecule has 1 atom stereocenters. The third-order valence-electron chi connectivity index (χ3n) is 5.25. The number of carbonyl (C=O) groups is 3. The van der Waals surface area contributed by atoms with Crippen molar-refractivity contribution in [3.63, 3.8) is 0 Å². The maximum Gasteiger partial charge on any atom is 0.409 e. The van der Waals surface area contributed by atoms with E-state index in [0.29, 0.717) is 26.2 Å². The lowest BCUT2D eigenvalue weighted by Crippen LogP contribution is -2.47. The van der Waals surface area contributed by atoms with Crippen molar-refractivity contribution in [2.75, 3.05) is 31.6 Å². The van der Waals surface area contributed by atoms with Crippen LogP contribution in [0.15, 0.2) is 24.3 Å². The maximum absolute atomic E-state index is 12.6. The van der Waals surface area contributed by atoms with Crippen LogP contribution in [0.4, 0.5) is 10.5 Å². The van der Waals surface area contributed by atoms with E-state index in [4.69, 9.17) is 4.74 Å². The highest BCUT2D eigenvalue weighted by molar-refractivity contribution is 5.97. The van der Waals surface area contributed by atoms with Crippen molar-refractivity contribution in [2.45, 2.75) is 39.2 Å². The van der Waals surface area contributed by atoms with Crippen molar-refractivity contribution in [2.24, 2.45) is 5.92 Å². The summed E-state index contributed by atoms with van der Waals surface area (Å²) in [6.07, 6.45) is 1.39. The summed E-state index contributed by atoms with van der Waals surface area (Å²) in [5, 5.41) is 2.92. The van der Waals surface area contributed by atoms with Crippen LogP contribution in [0.1, 0.15) is 31.7 Å². The van der Waals surface area contributed by atoms with E-state index in [0.717, 1.165) is 24.1 Å². The molecule has 0 radical (unpaired) electrons. The molecule has 0 spiro atoms. The number of benzene rings is 1. The molecule has 0 saturated carbocycles. The van der Waals surface area contributed by atoms with Gasteiger partial charge < -0.3 is 19.9 Å². The van der Waals surface area contributed by atoms with Crippen LogP contribution in [-0.4, -0.2) is 60.0 Å². The third kappa shape index (κ3) is 4.59. The van der Waals surface area contributed by atoms with Crippen LogP contribution in [0.25, 0.3) is 0 Å².